The van der Waals surface area contributed by atoms with Gasteiger partial charge in [-0.25, -0.2) is 0 Å². The second-order valence-corrected chi connectivity index (χ2v) is 6.31. The van der Waals surface area contributed by atoms with Gasteiger partial charge in [-0.3, -0.25) is 14.9 Å². The van der Waals surface area contributed by atoms with Gasteiger partial charge in [-0.1, -0.05) is 6.07 Å². The van der Waals surface area contributed by atoms with E-state index in [-0.39, 0.29) is 11.9 Å². The number of aromatic nitrogens is 3. The predicted octanol–water partition coefficient (Wildman–Crippen LogP) is 2.61. The Balaban J connectivity index is 1.85. The highest BCUT2D eigenvalue weighted by molar-refractivity contribution is 5.93. The Kier molecular flexibility index (Phi) is 4.50. The maximum Gasteiger partial charge on any atom is 0.272 e. The van der Waals surface area contributed by atoms with E-state index < -0.39 is 0 Å². The fourth-order valence-electron chi connectivity index (χ4n) is 3.59. The van der Waals surface area contributed by atoms with Crippen molar-refractivity contribution in [1.29, 1.82) is 0 Å². The second-order valence-electron chi connectivity index (χ2n) is 6.31. The molecular formula is C20H20N4O3. The molecule has 138 valence electrons. The zero-order valence-electron chi connectivity index (χ0n) is 15.2. The molecule has 3 aromatic rings. The van der Waals surface area contributed by atoms with Gasteiger partial charge in [0.2, 0.25) is 0 Å². The number of nitrogens with one attached hydrogen (secondary N) is 1. The molecule has 0 spiro atoms. The highest BCUT2D eigenvalue weighted by Crippen LogP contribution is 2.41. The molecule has 0 saturated carbocycles. The topological polar surface area (TPSA) is 80.3 Å². The third-order valence-electron chi connectivity index (χ3n) is 4.87. The average molecular weight is 364 g/mol. The van der Waals surface area contributed by atoms with Crippen molar-refractivity contribution in [3.63, 3.8) is 0 Å². The number of benzene rings is 1. The van der Waals surface area contributed by atoms with E-state index in [0.29, 0.717) is 23.7 Å². The van der Waals surface area contributed by atoms with Crippen molar-refractivity contribution in [3.8, 4) is 11.5 Å². The van der Waals surface area contributed by atoms with Crippen molar-refractivity contribution in [2.24, 2.45) is 0 Å². The Morgan fingerprint density at radius 2 is 2.00 bits per heavy atom. The van der Waals surface area contributed by atoms with Crippen LogP contribution in [0.25, 0.3) is 0 Å². The fourth-order valence-corrected chi connectivity index (χ4v) is 3.59. The molecule has 1 N–H and O–H groups in total. The van der Waals surface area contributed by atoms with Gasteiger partial charge in [-0.2, -0.15) is 5.10 Å². The Bertz CT molecular complexity index is 941. The summed E-state index contributed by atoms with van der Waals surface area (Å²) in [5, 5.41) is 6.68. The number of hydrogen-bond acceptors (Lipinski definition) is 5. The number of amides is 1. The van der Waals surface area contributed by atoms with Gasteiger partial charge in [0, 0.05) is 25.1 Å². The van der Waals surface area contributed by atoms with Gasteiger partial charge in [-0.05, 0) is 47.4 Å². The van der Waals surface area contributed by atoms with Gasteiger partial charge < -0.3 is 14.4 Å². The normalized spacial score (nSPS) is 15.9. The molecule has 0 saturated heterocycles. The van der Waals surface area contributed by atoms with Gasteiger partial charge in [0.1, 0.15) is 5.69 Å². The first-order valence-electron chi connectivity index (χ1n) is 8.68. The van der Waals surface area contributed by atoms with Crippen molar-refractivity contribution in [2.45, 2.75) is 12.5 Å². The van der Waals surface area contributed by atoms with Crippen LogP contribution in [0.5, 0.6) is 11.5 Å². The lowest BCUT2D eigenvalue weighted by Gasteiger charge is -2.37. The summed E-state index contributed by atoms with van der Waals surface area (Å²) in [5.74, 6) is 1.23. The van der Waals surface area contributed by atoms with E-state index in [2.05, 4.69) is 15.2 Å². The molecule has 7 nitrogen and oxygen atoms in total. The lowest BCUT2D eigenvalue weighted by molar-refractivity contribution is 0.0688. The van der Waals surface area contributed by atoms with Crippen LogP contribution in [-0.2, 0) is 6.42 Å². The SMILES string of the molecule is COc1cc2c(cc1OC)C(c1cccnc1)N(C(=O)c1ccn[nH]1)CC2. The van der Waals surface area contributed by atoms with E-state index in [1.54, 1.807) is 38.9 Å². The molecule has 1 unspecified atom stereocenters. The molecule has 1 aliphatic heterocycles. The second kappa shape index (κ2) is 7.11. The van der Waals surface area contributed by atoms with Gasteiger partial charge in [0.15, 0.2) is 11.5 Å². The first kappa shape index (κ1) is 17.1. The smallest absolute Gasteiger partial charge is 0.272 e. The number of H-pyrrole nitrogens is 1. The number of pyridine rings is 1. The van der Waals surface area contributed by atoms with E-state index in [9.17, 15) is 4.79 Å². The number of ether oxygens (including phenoxy) is 2. The molecule has 0 bridgehead atoms. The minimum Gasteiger partial charge on any atom is -0.493 e. The fraction of sp³-hybridized carbons (Fsp3) is 0.250. The van der Waals surface area contributed by atoms with E-state index >= 15 is 0 Å². The number of fused-ring (bicyclic) bond motifs is 1. The Morgan fingerprint density at radius 3 is 2.67 bits per heavy atom. The maximum absolute atomic E-state index is 13.1. The quantitative estimate of drug-likeness (QED) is 0.770. The summed E-state index contributed by atoms with van der Waals surface area (Å²) < 4.78 is 10.9. The molecule has 4 rings (SSSR count). The summed E-state index contributed by atoms with van der Waals surface area (Å²) in [5.41, 5.74) is 3.56. The zero-order chi connectivity index (χ0) is 18.8. The number of hydrogen-bond donors (Lipinski definition) is 1. The number of carbonyl (C=O) groups is 1. The number of nitrogens with zero attached hydrogens (tertiary/aromatic N) is 3. The molecule has 2 aromatic heterocycles. The molecule has 27 heavy (non-hydrogen) atoms. The molecule has 0 radical (unpaired) electrons. The Hall–Kier alpha value is -3.35. The summed E-state index contributed by atoms with van der Waals surface area (Å²) in [6, 6.07) is 9.23. The van der Waals surface area contributed by atoms with E-state index in [1.165, 1.54) is 0 Å². The van der Waals surface area contributed by atoms with Crippen molar-refractivity contribution in [1.82, 2.24) is 20.1 Å². The Morgan fingerprint density at radius 1 is 1.19 bits per heavy atom. The number of rotatable bonds is 4. The van der Waals surface area contributed by atoms with Crippen molar-refractivity contribution >= 4 is 5.91 Å². The van der Waals surface area contributed by atoms with E-state index in [4.69, 9.17) is 9.47 Å². The molecule has 0 fully saturated rings. The third kappa shape index (κ3) is 3.01. The molecule has 1 aromatic carbocycles. The van der Waals surface area contributed by atoms with Crippen molar-refractivity contribution < 1.29 is 14.3 Å². The van der Waals surface area contributed by atoms with Gasteiger partial charge in [-0.15, -0.1) is 0 Å². The van der Waals surface area contributed by atoms with Crippen LogP contribution < -0.4 is 9.47 Å². The molecule has 7 heteroatoms. The molecule has 3 heterocycles. The number of methoxy groups -OCH3 is 2. The first-order chi connectivity index (χ1) is 13.2. The summed E-state index contributed by atoms with van der Waals surface area (Å²) in [4.78, 5) is 19.2. The first-order valence-corrected chi connectivity index (χ1v) is 8.68. The van der Waals surface area contributed by atoms with Crippen LogP contribution in [-0.4, -0.2) is 46.8 Å². The molecule has 0 aliphatic carbocycles. The monoisotopic (exact) mass is 364 g/mol. The van der Waals surface area contributed by atoms with Crippen molar-refractivity contribution in [3.05, 3.63) is 71.3 Å². The van der Waals surface area contributed by atoms with Gasteiger partial charge in [0.05, 0.1) is 20.3 Å². The van der Waals surface area contributed by atoms with Crippen LogP contribution in [0.3, 0.4) is 0 Å². The minimum atomic E-state index is -0.266. The molecule has 1 amide bonds. The third-order valence-corrected chi connectivity index (χ3v) is 4.87. The van der Waals surface area contributed by atoms with Crippen LogP contribution in [0.4, 0.5) is 0 Å². The van der Waals surface area contributed by atoms with Crippen LogP contribution in [0.15, 0.2) is 48.9 Å². The molecule has 1 atom stereocenters. The van der Waals surface area contributed by atoms with Crippen LogP contribution in [0, 0.1) is 0 Å². The number of aromatic amines is 1. The van der Waals surface area contributed by atoms with E-state index in [1.807, 2.05) is 29.2 Å². The lowest BCUT2D eigenvalue weighted by atomic mass is 9.88. The van der Waals surface area contributed by atoms with Crippen LogP contribution >= 0.6 is 0 Å². The van der Waals surface area contributed by atoms with Crippen LogP contribution in [0.2, 0.25) is 0 Å². The zero-order valence-corrected chi connectivity index (χ0v) is 15.2. The molecular weight excluding hydrogens is 344 g/mol. The highest BCUT2D eigenvalue weighted by atomic mass is 16.5. The van der Waals surface area contributed by atoms with E-state index in [0.717, 1.165) is 23.1 Å². The highest BCUT2D eigenvalue weighted by Gasteiger charge is 2.34. The minimum absolute atomic E-state index is 0.0956. The van der Waals surface area contributed by atoms with Gasteiger partial charge in [0.25, 0.3) is 5.91 Å². The molecule has 1 aliphatic rings. The van der Waals surface area contributed by atoms with Crippen molar-refractivity contribution in [2.75, 3.05) is 20.8 Å². The number of carbonyl (C=O) groups excluding carboxylic acids is 1. The summed E-state index contributed by atoms with van der Waals surface area (Å²) in [7, 11) is 3.24. The van der Waals surface area contributed by atoms with Gasteiger partial charge >= 0.3 is 0 Å². The summed E-state index contributed by atoms with van der Waals surface area (Å²) in [6.45, 7) is 0.583. The standard InChI is InChI=1S/C20H20N4O3/c1-26-17-10-13-6-9-24(20(25)16-5-8-22-23-16)19(14-4-3-7-21-12-14)15(13)11-18(17)27-2/h3-5,7-8,10-12,19H,6,9H2,1-2H3,(H,22,23). The summed E-state index contributed by atoms with van der Waals surface area (Å²) in [6.07, 6.45) is 5.83. The Labute approximate surface area is 156 Å². The average Bonchev–Trinajstić information content (AvgIpc) is 3.26. The maximum atomic E-state index is 13.1. The largest absolute Gasteiger partial charge is 0.493 e. The lowest BCUT2D eigenvalue weighted by Crippen LogP contribution is -2.40. The summed E-state index contributed by atoms with van der Waals surface area (Å²) >= 11 is 0. The predicted molar refractivity (Wildman–Crippen MR) is 99.0 cm³/mol. The van der Waals surface area contributed by atoms with Crippen LogP contribution in [0.1, 0.15) is 33.2 Å².